The molecule has 0 radical (unpaired) electrons. The highest BCUT2D eigenvalue weighted by Crippen LogP contribution is 2.28. The van der Waals surface area contributed by atoms with Gasteiger partial charge in [0.05, 0.1) is 5.56 Å². The van der Waals surface area contributed by atoms with Gasteiger partial charge in [0.1, 0.15) is 11.4 Å². The zero-order chi connectivity index (χ0) is 16.4. The highest BCUT2D eigenvalue weighted by molar-refractivity contribution is 5.95. The molecule has 1 aliphatic rings. The number of aromatic amines is 1. The Hall–Kier alpha value is -3.02. The summed E-state index contributed by atoms with van der Waals surface area (Å²) in [5.74, 6) is 0.0339. The second-order valence-corrected chi connectivity index (χ2v) is 5.85. The summed E-state index contributed by atoms with van der Waals surface area (Å²) >= 11 is 0. The zero-order valence-corrected chi connectivity index (χ0v) is 13.1. The molecule has 3 heterocycles. The van der Waals surface area contributed by atoms with Gasteiger partial charge in [-0.25, -0.2) is 0 Å². The van der Waals surface area contributed by atoms with E-state index in [0.717, 1.165) is 42.8 Å². The lowest BCUT2D eigenvalue weighted by atomic mass is 10.0. The van der Waals surface area contributed by atoms with E-state index >= 15 is 0 Å². The predicted molar refractivity (Wildman–Crippen MR) is 90.2 cm³/mol. The van der Waals surface area contributed by atoms with E-state index in [2.05, 4.69) is 20.4 Å². The molecule has 1 amide bonds. The summed E-state index contributed by atoms with van der Waals surface area (Å²) in [6, 6.07) is 11.7. The first-order valence-corrected chi connectivity index (χ1v) is 8.04. The number of carbonyl (C=O) groups is 1. The van der Waals surface area contributed by atoms with Gasteiger partial charge in [0.2, 0.25) is 0 Å². The summed E-state index contributed by atoms with van der Waals surface area (Å²) in [5, 5.41) is 11.2. The number of aromatic nitrogens is 4. The fourth-order valence-corrected chi connectivity index (χ4v) is 3.02. The Morgan fingerprint density at radius 1 is 0.958 bits per heavy atom. The molecule has 1 N–H and O–H groups in total. The van der Waals surface area contributed by atoms with Crippen molar-refractivity contribution in [3.05, 3.63) is 54.4 Å². The van der Waals surface area contributed by atoms with Gasteiger partial charge >= 0.3 is 0 Å². The smallest absolute Gasteiger partial charge is 0.255 e. The van der Waals surface area contributed by atoms with E-state index in [4.69, 9.17) is 0 Å². The Labute approximate surface area is 139 Å². The third-order valence-corrected chi connectivity index (χ3v) is 4.25. The Balaban J connectivity index is 1.70. The molecule has 1 saturated heterocycles. The minimum absolute atomic E-state index is 0.0339. The summed E-state index contributed by atoms with van der Waals surface area (Å²) in [6.45, 7) is 1.64. The Kier molecular flexibility index (Phi) is 3.78. The predicted octanol–water partition coefficient (Wildman–Crippen LogP) is 2.77. The van der Waals surface area contributed by atoms with E-state index in [9.17, 15) is 4.79 Å². The number of benzene rings is 1. The minimum Gasteiger partial charge on any atom is -0.339 e. The molecule has 1 fully saturated rings. The lowest BCUT2D eigenvalue weighted by Gasteiger charge is -2.15. The third-order valence-electron chi connectivity index (χ3n) is 4.25. The first kappa shape index (κ1) is 14.6. The summed E-state index contributed by atoms with van der Waals surface area (Å²) in [7, 11) is 0. The Bertz CT molecular complexity index is 853. The second kappa shape index (κ2) is 6.23. The van der Waals surface area contributed by atoms with Gasteiger partial charge in [-0.1, -0.05) is 30.3 Å². The maximum Gasteiger partial charge on any atom is 0.255 e. The van der Waals surface area contributed by atoms with Gasteiger partial charge < -0.3 is 4.90 Å². The molecule has 0 saturated carbocycles. The van der Waals surface area contributed by atoms with Crippen LogP contribution in [0.25, 0.3) is 22.5 Å². The van der Waals surface area contributed by atoms with Crippen LogP contribution in [0.1, 0.15) is 23.2 Å². The van der Waals surface area contributed by atoms with Crippen LogP contribution in [-0.2, 0) is 0 Å². The maximum atomic E-state index is 12.6. The van der Waals surface area contributed by atoms with E-state index in [1.165, 1.54) is 0 Å². The molecule has 0 aliphatic carbocycles. The quantitative estimate of drug-likeness (QED) is 0.805. The van der Waals surface area contributed by atoms with Gasteiger partial charge in [0, 0.05) is 36.6 Å². The number of nitrogens with one attached hydrogen (secondary N) is 1. The van der Waals surface area contributed by atoms with Gasteiger partial charge in [0.15, 0.2) is 0 Å². The maximum absolute atomic E-state index is 12.6. The van der Waals surface area contributed by atoms with Crippen LogP contribution in [0.2, 0.25) is 0 Å². The SMILES string of the molecule is O=C(c1cncc(-c2n[nH]nc2-c2ccccc2)c1)N1CCCC1. The van der Waals surface area contributed by atoms with Crippen LogP contribution < -0.4 is 0 Å². The van der Waals surface area contributed by atoms with Crippen molar-refractivity contribution in [3.63, 3.8) is 0 Å². The van der Waals surface area contributed by atoms with Crippen LogP contribution in [0.3, 0.4) is 0 Å². The molecule has 2 aromatic heterocycles. The third kappa shape index (κ3) is 2.67. The van der Waals surface area contributed by atoms with Crippen LogP contribution in [0.4, 0.5) is 0 Å². The standard InChI is InChI=1S/C18H17N5O/c24-18(23-8-4-5-9-23)15-10-14(11-19-12-15)17-16(20-22-21-17)13-6-2-1-3-7-13/h1-3,6-7,10-12H,4-5,8-9H2,(H,20,21,22). The molecule has 0 spiro atoms. The summed E-state index contributed by atoms with van der Waals surface area (Å²) < 4.78 is 0. The Morgan fingerprint density at radius 3 is 2.42 bits per heavy atom. The monoisotopic (exact) mass is 319 g/mol. The van der Waals surface area contributed by atoms with E-state index in [1.54, 1.807) is 12.4 Å². The van der Waals surface area contributed by atoms with E-state index in [1.807, 2.05) is 41.3 Å². The van der Waals surface area contributed by atoms with Crippen molar-refractivity contribution in [2.24, 2.45) is 0 Å². The molecule has 3 aromatic rings. The number of amides is 1. The number of hydrogen-bond acceptors (Lipinski definition) is 4. The number of rotatable bonds is 3. The van der Waals surface area contributed by atoms with Crippen molar-refractivity contribution in [1.82, 2.24) is 25.3 Å². The molecule has 0 atom stereocenters. The number of pyridine rings is 1. The van der Waals surface area contributed by atoms with Gasteiger partial charge in [-0.15, -0.1) is 0 Å². The largest absolute Gasteiger partial charge is 0.339 e. The first-order valence-electron chi connectivity index (χ1n) is 8.04. The Morgan fingerprint density at radius 2 is 1.67 bits per heavy atom. The zero-order valence-electron chi connectivity index (χ0n) is 13.1. The molecule has 0 bridgehead atoms. The first-order chi connectivity index (χ1) is 11.8. The minimum atomic E-state index is 0.0339. The van der Waals surface area contributed by atoms with Crippen LogP contribution in [0, 0.1) is 0 Å². The van der Waals surface area contributed by atoms with Crippen LogP contribution >= 0.6 is 0 Å². The van der Waals surface area contributed by atoms with Crippen molar-refractivity contribution < 1.29 is 4.79 Å². The molecule has 6 nitrogen and oxygen atoms in total. The lowest BCUT2D eigenvalue weighted by molar-refractivity contribution is 0.0792. The molecule has 24 heavy (non-hydrogen) atoms. The molecule has 120 valence electrons. The highest BCUT2D eigenvalue weighted by atomic mass is 16.2. The average Bonchev–Trinajstić information content (AvgIpc) is 3.34. The van der Waals surface area contributed by atoms with Gasteiger partial charge in [-0.05, 0) is 18.9 Å². The molecular formula is C18H17N5O. The summed E-state index contributed by atoms with van der Waals surface area (Å²) in [6.07, 6.45) is 5.47. The van der Waals surface area contributed by atoms with Crippen LogP contribution in [0.5, 0.6) is 0 Å². The fraction of sp³-hybridized carbons (Fsp3) is 0.222. The number of H-pyrrole nitrogens is 1. The second-order valence-electron chi connectivity index (χ2n) is 5.85. The normalized spacial score (nSPS) is 14.1. The lowest BCUT2D eigenvalue weighted by Crippen LogP contribution is -2.27. The van der Waals surface area contributed by atoms with Gasteiger partial charge in [-0.2, -0.15) is 15.4 Å². The fourth-order valence-electron chi connectivity index (χ4n) is 3.02. The van der Waals surface area contributed by atoms with Crippen molar-refractivity contribution in [2.75, 3.05) is 13.1 Å². The van der Waals surface area contributed by atoms with Crippen molar-refractivity contribution in [1.29, 1.82) is 0 Å². The molecule has 1 aliphatic heterocycles. The van der Waals surface area contributed by atoms with E-state index < -0.39 is 0 Å². The summed E-state index contributed by atoms with van der Waals surface area (Å²) in [4.78, 5) is 18.7. The van der Waals surface area contributed by atoms with E-state index in [0.29, 0.717) is 11.3 Å². The van der Waals surface area contributed by atoms with Crippen LogP contribution in [-0.4, -0.2) is 44.3 Å². The van der Waals surface area contributed by atoms with Crippen molar-refractivity contribution in [2.45, 2.75) is 12.8 Å². The number of likely N-dealkylation sites (tertiary alicyclic amines) is 1. The van der Waals surface area contributed by atoms with E-state index in [-0.39, 0.29) is 5.91 Å². The van der Waals surface area contributed by atoms with Crippen LogP contribution in [0.15, 0.2) is 48.8 Å². The van der Waals surface area contributed by atoms with Crippen molar-refractivity contribution >= 4 is 5.91 Å². The number of hydrogen-bond donors (Lipinski definition) is 1. The molecule has 0 unspecified atom stereocenters. The molecule has 1 aromatic carbocycles. The molecule has 6 heteroatoms. The summed E-state index contributed by atoms with van der Waals surface area (Å²) in [5.41, 5.74) is 3.80. The number of nitrogens with zero attached hydrogens (tertiary/aromatic N) is 4. The number of carbonyl (C=O) groups excluding carboxylic acids is 1. The average molecular weight is 319 g/mol. The highest BCUT2D eigenvalue weighted by Gasteiger charge is 2.21. The van der Waals surface area contributed by atoms with Crippen molar-refractivity contribution in [3.8, 4) is 22.5 Å². The topological polar surface area (TPSA) is 74.8 Å². The molecular weight excluding hydrogens is 302 g/mol. The van der Waals surface area contributed by atoms with Gasteiger partial charge in [-0.3, -0.25) is 9.78 Å². The molecule has 4 rings (SSSR count). The van der Waals surface area contributed by atoms with Gasteiger partial charge in [0.25, 0.3) is 5.91 Å².